The smallest absolute Gasteiger partial charge is 0.128 e. The minimum Gasteiger partial charge on any atom is -0.383 e. The van der Waals surface area contributed by atoms with Gasteiger partial charge in [0.15, 0.2) is 0 Å². The molecule has 0 rings (SSSR count). The third-order valence-corrected chi connectivity index (χ3v) is 0.552. The second kappa shape index (κ2) is 1.87. The molecule has 0 unspecified atom stereocenters. The summed E-state index contributed by atoms with van der Waals surface area (Å²) in [6.07, 6.45) is 0. The van der Waals surface area contributed by atoms with Crippen LogP contribution in [0.15, 0.2) is 11.5 Å². The van der Waals surface area contributed by atoms with E-state index in [9.17, 15) is 0 Å². The van der Waals surface area contributed by atoms with Crippen molar-refractivity contribution in [1.82, 2.24) is 0 Å². The number of thiol groups is 1. The Labute approximate surface area is 42.0 Å². The number of nitrogens with two attached hydrogens (primary N) is 1. The molecule has 0 aliphatic carbocycles. The minimum atomic E-state index is -0.0710. The second-order valence-corrected chi connectivity index (χ2v) is 1.40. The molecule has 3 heteroatoms. The molecule has 0 bridgehead atoms. The molecule has 0 atom stereocenters. The zero-order valence-electron chi connectivity index (χ0n) is 3.23. The van der Waals surface area contributed by atoms with Gasteiger partial charge in [0.25, 0.3) is 0 Å². The van der Waals surface area contributed by atoms with Crippen molar-refractivity contribution >= 4 is 18.5 Å². The first-order chi connectivity index (χ1) is 2.64. The van der Waals surface area contributed by atoms with Crippen molar-refractivity contribution in [2.45, 2.75) is 0 Å². The zero-order chi connectivity index (χ0) is 5.15. The van der Waals surface area contributed by atoms with Crippen molar-refractivity contribution in [2.24, 2.45) is 5.73 Å². The lowest BCUT2D eigenvalue weighted by Gasteiger charge is -1.85. The molecule has 0 aliphatic heterocycles. The number of hydrogen-bond donors (Lipinski definition) is 3. The highest BCUT2D eigenvalue weighted by Gasteiger charge is 1.82. The molecule has 0 saturated carbocycles. The van der Waals surface area contributed by atoms with Gasteiger partial charge in [-0.05, 0) is 0 Å². The first-order valence-corrected chi connectivity index (χ1v) is 1.81. The topological polar surface area (TPSA) is 49.9 Å². The predicted octanol–water partition coefficient (Wildman–Crippen LogP) is 0.366. The molecule has 0 aromatic carbocycles. The molecule has 0 spiro atoms. The van der Waals surface area contributed by atoms with Crippen LogP contribution in [0, 0.1) is 5.41 Å². The van der Waals surface area contributed by atoms with E-state index in [1.165, 1.54) is 0 Å². The maximum Gasteiger partial charge on any atom is 0.128 e. The lowest BCUT2D eigenvalue weighted by atomic mass is 10.6. The van der Waals surface area contributed by atoms with Crippen LogP contribution in [0.4, 0.5) is 0 Å². The molecule has 0 aromatic rings. The molecule has 0 heterocycles. The second-order valence-electron chi connectivity index (χ2n) is 0.860. The molecular weight excluding hydrogens is 96.1 g/mol. The highest BCUT2D eigenvalue weighted by atomic mass is 32.1. The molecule has 0 amide bonds. The largest absolute Gasteiger partial charge is 0.383 e. The van der Waals surface area contributed by atoms with Crippen LogP contribution in [0.2, 0.25) is 0 Å². The fraction of sp³-hybridized carbons (Fsp3) is 0. The summed E-state index contributed by atoms with van der Waals surface area (Å²) >= 11 is 3.65. The van der Waals surface area contributed by atoms with Crippen LogP contribution < -0.4 is 5.73 Å². The molecule has 0 aromatic heterocycles. The number of rotatable bonds is 1. The molecule has 3 N–H and O–H groups in total. The van der Waals surface area contributed by atoms with Gasteiger partial charge in [-0.1, -0.05) is 6.58 Å². The van der Waals surface area contributed by atoms with Crippen LogP contribution in [0.5, 0.6) is 0 Å². The first kappa shape index (κ1) is 5.56. The maximum atomic E-state index is 6.55. The SMILES string of the molecule is C=C(S)C(=N)N. The van der Waals surface area contributed by atoms with E-state index in [2.05, 4.69) is 19.2 Å². The Bertz CT molecular complexity index is 74.8. The first-order valence-electron chi connectivity index (χ1n) is 1.37. The van der Waals surface area contributed by atoms with E-state index in [1.54, 1.807) is 0 Å². The summed E-state index contributed by atoms with van der Waals surface area (Å²) in [5, 5.41) is 6.55. The van der Waals surface area contributed by atoms with E-state index < -0.39 is 0 Å². The highest BCUT2D eigenvalue weighted by Crippen LogP contribution is 1.89. The van der Waals surface area contributed by atoms with Crippen molar-refractivity contribution in [3.63, 3.8) is 0 Å². The van der Waals surface area contributed by atoms with Crippen molar-refractivity contribution < 1.29 is 0 Å². The third kappa shape index (κ3) is 1.84. The summed E-state index contributed by atoms with van der Waals surface area (Å²) in [6, 6.07) is 0. The molecule has 2 nitrogen and oxygen atoms in total. The maximum absolute atomic E-state index is 6.55. The Morgan fingerprint density at radius 1 is 1.83 bits per heavy atom. The average molecular weight is 102 g/mol. The Morgan fingerprint density at radius 3 is 2.00 bits per heavy atom. The summed E-state index contributed by atoms with van der Waals surface area (Å²) in [5.41, 5.74) is 4.84. The third-order valence-electron chi connectivity index (χ3n) is 0.311. The van der Waals surface area contributed by atoms with Gasteiger partial charge in [-0.25, -0.2) is 0 Å². The van der Waals surface area contributed by atoms with Gasteiger partial charge in [-0.3, -0.25) is 5.41 Å². The summed E-state index contributed by atoms with van der Waals surface area (Å²) < 4.78 is 0. The van der Waals surface area contributed by atoms with Crippen LogP contribution in [0.3, 0.4) is 0 Å². The van der Waals surface area contributed by atoms with Gasteiger partial charge in [0.05, 0.1) is 0 Å². The van der Waals surface area contributed by atoms with Gasteiger partial charge < -0.3 is 5.73 Å². The molecule has 0 radical (unpaired) electrons. The Kier molecular flexibility index (Phi) is 1.73. The quantitative estimate of drug-likeness (QED) is 0.250. The lowest BCUT2D eigenvalue weighted by Crippen LogP contribution is -2.07. The van der Waals surface area contributed by atoms with Crippen molar-refractivity contribution in [2.75, 3.05) is 0 Å². The Morgan fingerprint density at radius 2 is 2.00 bits per heavy atom. The lowest BCUT2D eigenvalue weighted by molar-refractivity contribution is 1.46. The monoisotopic (exact) mass is 102 g/mol. The molecule has 0 aliphatic rings. The average Bonchev–Trinajstić information content (AvgIpc) is 1.36. The van der Waals surface area contributed by atoms with E-state index in [0.29, 0.717) is 4.91 Å². The minimum absolute atomic E-state index is 0.0710. The normalized spacial score (nSPS) is 7.50. The molecule has 6 heavy (non-hydrogen) atoms. The van der Waals surface area contributed by atoms with E-state index in [0.717, 1.165) is 0 Å². The zero-order valence-corrected chi connectivity index (χ0v) is 4.13. The highest BCUT2D eigenvalue weighted by molar-refractivity contribution is 7.85. The van der Waals surface area contributed by atoms with Crippen LogP contribution in [-0.2, 0) is 0 Å². The fourth-order valence-corrected chi connectivity index (χ4v) is 0. The van der Waals surface area contributed by atoms with Crippen LogP contribution in [-0.4, -0.2) is 5.84 Å². The standard InChI is InChI=1S/C3H6N2S/c1-2(6)3(4)5/h6H,1H2,(H3,4,5). The summed E-state index contributed by atoms with van der Waals surface area (Å²) in [4.78, 5) is 0.315. The fourth-order valence-electron chi connectivity index (χ4n) is 0. The van der Waals surface area contributed by atoms with Crippen molar-refractivity contribution in [1.29, 1.82) is 5.41 Å². The van der Waals surface area contributed by atoms with Gasteiger partial charge in [-0.15, -0.1) is 12.6 Å². The number of amidine groups is 1. The van der Waals surface area contributed by atoms with Crippen LogP contribution >= 0.6 is 12.6 Å². The number of hydrogen-bond acceptors (Lipinski definition) is 2. The van der Waals surface area contributed by atoms with Crippen LogP contribution in [0.25, 0.3) is 0 Å². The van der Waals surface area contributed by atoms with Gasteiger partial charge >= 0.3 is 0 Å². The molecular formula is C3H6N2S. The molecule has 0 fully saturated rings. The summed E-state index contributed by atoms with van der Waals surface area (Å²) in [7, 11) is 0. The summed E-state index contributed by atoms with van der Waals surface area (Å²) in [5.74, 6) is -0.0710. The predicted molar refractivity (Wildman–Crippen MR) is 30.0 cm³/mol. The van der Waals surface area contributed by atoms with Gasteiger partial charge in [0.1, 0.15) is 5.84 Å². The van der Waals surface area contributed by atoms with Crippen molar-refractivity contribution in [3.8, 4) is 0 Å². The Hall–Kier alpha value is -0.440. The summed E-state index contributed by atoms with van der Waals surface area (Å²) in [6.45, 7) is 3.27. The van der Waals surface area contributed by atoms with Crippen molar-refractivity contribution in [3.05, 3.63) is 11.5 Å². The van der Waals surface area contributed by atoms with E-state index >= 15 is 0 Å². The van der Waals surface area contributed by atoms with E-state index in [1.807, 2.05) is 0 Å². The van der Waals surface area contributed by atoms with Gasteiger partial charge in [-0.2, -0.15) is 0 Å². The number of nitrogens with one attached hydrogen (secondary N) is 1. The van der Waals surface area contributed by atoms with Crippen LogP contribution in [0.1, 0.15) is 0 Å². The molecule has 0 saturated heterocycles. The molecule has 34 valence electrons. The van der Waals surface area contributed by atoms with E-state index in [4.69, 9.17) is 11.1 Å². The van der Waals surface area contributed by atoms with Gasteiger partial charge in [0, 0.05) is 4.91 Å². The van der Waals surface area contributed by atoms with Gasteiger partial charge in [0.2, 0.25) is 0 Å². The van der Waals surface area contributed by atoms with E-state index in [-0.39, 0.29) is 5.84 Å². The Balaban J connectivity index is 3.57.